The maximum absolute atomic E-state index is 13.3. The van der Waals surface area contributed by atoms with Crippen molar-refractivity contribution in [3.63, 3.8) is 0 Å². The van der Waals surface area contributed by atoms with Crippen molar-refractivity contribution >= 4 is 27.5 Å². The number of methoxy groups -OCH3 is 1. The molecule has 0 unspecified atom stereocenters. The lowest BCUT2D eigenvalue weighted by atomic mass is 10.2. The standard InChI is InChI=1S/C21H23N3O6S/c1-29-15-5-2-4-14(10-15)12-22-21(26)18-6-3-9-24(18)31(27,28)16-7-8-19-17(11-16)23-20(25)13-30-19/h2,4-5,7-8,10-11,18H,3,6,9,12-13H2,1H3,(H,22,26)(H,23,25)/t18-/m1/s1. The molecule has 0 radical (unpaired) electrons. The van der Waals surface area contributed by atoms with Crippen LogP contribution in [0.2, 0.25) is 0 Å². The number of rotatable bonds is 6. The van der Waals surface area contributed by atoms with Gasteiger partial charge in [0.1, 0.15) is 17.5 Å². The van der Waals surface area contributed by atoms with E-state index >= 15 is 0 Å². The first-order valence-corrected chi connectivity index (χ1v) is 11.3. The van der Waals surface area contributed by atoms with E-state index in [1.807, 2.05) is 24.3 Å². The van der Waals surface area contributed by atoms with Crippen LogP contribution in [0, 0.1) is 0 Å². The number of carbonyl (C=O) groups excluding carboxylic acids is 2. The van der Waals surface area contributed by atoms with E-state index in [0.29, 0.717) is 30.0 Å². The van der Waals surface area contributed by atoms with Crippen LogP contribution < -0.4 is 20.1 Å². The van der Waals surface area contributed by atoms with Crippen molar-refractivity contribution in [1.82, 2.24) is 9.62 Å². The molecular formula is C21H23N3O6S. The highest BCUT2D eigenvalue weighted by Crippen LogP contribution is 2.33. The summed E-state index contributed by atoms with van der Waals surface area (Å²) in [5.41, 5.74) is 1.15. The first-order valence-electron chi connectivity index (χ1n) is 9.87. The molecule has 2 heterocycles. The maximum atomic E-state index is 13.3. The molecule has 2 aliphatic rings. The molecular weight excluding hydrogens is 422 g/mol. The number of benzene rings is 2. The van der Waals surface area contributed by atoms with Crippen molar-refractivity contribution in [3.8, 4) is 11.5 Å². The molecule has 2 aromatic carbocycles. The topological polar surface area (TPSA) is 114 Å². The Bertz CT molecular complexity index is 1120. The summed E-state index contributed by atoms with van der Waals surface area (Å²) >= 11 is 0. The molecule has 0 aliphatic carbocycles. The summed E-state index contributed by atoms with van der Waals surface area (Å²) < 4.78 is 38.2. The zero-order valence-corrected chi connectivity index (χ0v) is 17.8. The van der Waals surface area contributed by atoms with E-state index in [9.17, 15) is 18.0 Å². The summed E-state index contributed by atoms with van der Waals surface area (Å²) in [7, 11) is -2.37. The third-order valence-electron chi connectivity index (χ3n) is 5.30. The van der Waals surface area contributed by atoms with Crippen LogP contribution in [0.1, 0.15) is 18.4 Å². The second-order valence-electron chi connectivity index (χ2n) is 7.34. The molecule has 0 saturated carbocycles. The molecule has 2 amide bonds. The van der Waals surface area contributed by atoms with Crippen LogP contribution in [0.4, 0.5) is 5.69 Å². The molecule has 10 heteroatoms. The fourth-order valence-electron chi connectivity index (χ4n) is 3.74. The van der Waals surface area contributed by atoms with E-state index in [4.69, 9.17) is 9.47 Å². The average Bonchev–Trinajstić information content (AvgIpc) is 3.28. The number of hydrogen-bond acceptors (Lipinski definition) is 6. The third-order valence-corrected chi connectivity index (χ3v) is 7.20. The van der Waals surface area contributed by atoms with E-state index in [1.165, 1.54) is 22.5 Å². The number of nitrogens with zero attached hydrogens (tertiary/aromatic N) is 1. The quantitative estimate of drug-likeness (QED) is 0.697. The predicted octanol–water partition coefficient (Wildman–Crippen LogP) is 1.50. The Hall–Kier alpha value is -3.11. The largest absolute Gasteiger partial charge is 0.497 e. The van der Waals surface area contributed by atoms with Gasteiger partial charge in [0.05, 0.1) is 17.7 Å². The van der Waals surface area contributed by atoms with Crippen LogP contribution >= 0.6 is 0 Å². The molecule has 0 bridgehead atoms. The van der Waals surface area contributed by atoms with E-state index in [1.54, 1.807) is 7.11 Å². The number of ether oxygens (including phenoxy) is 2. The molecule has 9 nitrogen and oxygen atoms in total. The van der Waals surface area contributed by atoms with Crippen LogP contribution in [0.3, 0.4) is 0 Å². The lowest BCUT2D eigenvalue weighted by Gasteiger charge is -2.24. The van der Waals surface area contributed by atoms with Crippen molar-refractivity contribution in [2.75, 3.05) is 25.6 Å². The SMILES string of the molecule is COc1cccc(CNC(=O)[C@H]2CCCN2S(=O)(=O)c2ccc3c(c2)NC(=O)CO3)c1. The van der Waals surface area contributed by atoms with Crippen molar-refractivity contribution in [3.05, 3.63) is 48.0 Å². The highest BCUT2D eigenvalue weighted by atomic mass is 32.2. The van der Waals surface area contributed by atoms with Crippen molar-refractivity contribution in [2.24, 2.45) is 0 Å². The van der Waals surface area contributed by atoms with E-state index in [0.717, 1.165) is 5.56 Å². The Morgan fingerprint density at radius 2 is 2.13 bits per heavy atom. The van der Waals surface area contributed by atoms with Crippen molar-refractivity contribution in [2.45, 2.75) is 30.3 Å². The van der Waals surface area contributed by atoms with Gasteiger partial charge in [0.15, 0.2) is 6.61 Å². The second kappa shape index (κ2) is 8.56. The Labute approximate surface area is 180 Å². The smallest absolute Gasteiger partial charge is 0.262 e. The average molecular weight is 445 g/mol. The fourth-order valence-corrected chi connectivity index (χ4v) is 5.42. The Morgan fingerprint density at radius 1 is 1.29 bits per heavy atom. The van der Waals surface area contributed by atoms with Crippen LogP contribution in [0.5, 0.6) is 11.5 Å². The Kier molecular flexibility index (Phi) is 5.84. The van der Waals surface area contributed by atoms with Gasteiger partial charge in [-0.3, -0.25) is 9.59 Å². The lowest BCUT2D eigenvalue weighted by Crippen LogP contribution is -2.45. The number of carbonyl (C=O) groups is 2. The van der Waals surface area contributed by atoms with E-state index in [2.05, 4.69) is 10.6 Å². The number of sulfonamides is 1. The van der Waals surface area contributed by atoms with E-state index < -0.39 is 16.1 Å². The van der Waals surface area contributed by atoms with E-state index in [-0.39, 0.29) is 36.4 Å². The number of amides is 2. The second-order valence-corrected chi connectivity index (χ2v) is 9.23. The number of nitrogens with one attached hydrogen (secondary N) is 2. The lowest BCUT2D eigenvalue weighted by molar-refractivity contribution is -0.124. The Balaban J connectivity index is 1.50. The van der Waals surface area contributed by atoms with Crippen LogP contribution in [-0.2, 0) is 26.2 Å². The summed E-state index contributed by atoms with van der Waals surface area (Å²) in [6.45, 7) is 0.406. The molecule has 1 atom stereocenters. The van der Waals surface area contributed by atoms with Gasteiger partial charge in [-0.25, -0.2) is 8.42 Å². The molecule has 1 fully saturated rings. The predicted molar refractivity (Wildman–Crippen MR) is 112 cm³/mol. The van der Waals surface area contributed by atoms with Gasteiger partial charge in [0.2, 0.25) is 15.9 Å². The van der Waals surface area contributed by atoms with Gasteiger partial charge >= 0.3 is 0 Å². The summed E-state index contributed by atoms with van der Waals surface area (Å²) in [5, 5.41) is 5.43. The number of hydrogen-bond donors (Lipinski definition) is 2. The highest BCUT2D eigenvalue weighted by Gasteiger charge is 2.39. The molecule has 2 aliphatic heterocycles. The molecule has 31 heavy (non-hydrogen) atoms. The summed E-state index contributed by atoms with van der Waals surface area (Å²) in [6, 6.07) is 10.8. The number of anilines is 1. The zero-order chi connectivity index (χ0) is 22.0. The van der Waals surface area contributed by atoms with Gasteiger partial charge < -0.3 is 20.1 Å². The first kappa shape index (κ1) is 21.1. The molecule has 4 rings (SSSR count). The third kappa shape index (κ3) is 4.35. The number of fused-ring (bicyclic) bond motifs is 1. The van der Waals surface area contributed by atoms with Gasteiger partial charge in [0.25, 0.3) is 5.91 Å². The minimum atomic E-state index is -3.93. The molecule has 164 valence electrons. The van der Waals surface area contributed by atoms with Crippen LogP contribution in [0.15, 0.2) is 47.4 Å². The molecule has 1 saturated heterocycles. The van der Waals surface area contributed by atoms with Gasteiger partial charge in [-0.15, -0.1) is 0 Å². The van der Waals surface area contributed by atoms with Crippen LogP contribution in [0.25, 0.3) is 0 Å². The Morgan fingerprint density at radius 3 is 2.94 bits per heavy atom. The minimum Gasteiger partial charge on any atom is -0.497 e. The van der Waals surface area contributed by atoms with Crippen molar-refractivity contribution in [1.29, 1.82) is 0 Å². The summed E-state index contributed by atoms with van der Waals surface area (Å²) in [6.07, 6.45) is 1.02. The molecule has 2 aromatic rings. The summed E-state index contributed by atoms with van der Waals surface area (Å²) in [4.78, 5) is 24.4. The van der Waals surface area contributed by atoms with Gasteiger partial charge in [-0.05, 0) is 48.7 Å². The first-order chi connectivity index (χ1) is 14.9. The van der Waals surface area contributed by atoms with Crippen molar-refractivity contribution < 1.29 is 27.5 Å². The monoisotopic (exact) mass is 445 g/mol. The maximum Gasteiger partial charge on any atom is 0.262 e. The normalized spacial score (nSPS) is 18.6. The highest BCUT2D eigenvalue weighted by molar-refractivity contribution is 7.89. The minimum absolute atomic E-state index is 0.00421. The van der Waals surface area contributed by atoms with Gasteiger partial charge in [-0.2, -0.15) is 4.31 Å². The molecule has 0 spiro atoms. The van der Waals surface area contributed by atoms with Crippen LogP contribution in [-0.4, -0.2) is 50.8 Å². The summed E-state index contributed by atoms with van der Waals surface area (Å²) in [5.74, 6) is 0.393. The zero-order valence-electron chi connectivity index (χ0n) is 17.0. The molecule has 0 aromatic heterocycles. The van der Waals surface area contributed by atoms with Gasteiger partial charge in [0, 0.05) is 13.1 Å². The van der Waals surface area contributed by atoms with Gasteiger partial charge in [-0.1, -0.05) is 12.1 Å². The fraction of sp³-hybridized carbons (Fsp3) is 0.333. The molecule has 2 N–H and O–H groups in total.